The standard InChI is InChI=1S/C29H32N2O4S/c1-16-22(26(33)31-27-24(28(34)35-4)18-12-8-9-13-21(18)36-27)23(17-10-6-5-7-11-17)25-19(30-16)14-29(2,3)15-20(25)32/h5-7,10-11,23,30H,8-9,12-15H2,1-4H3,(H,31,33)/t23-/m1/s1. The van der Waals surface area contributed by atoms with Gasteiger partial charge in [0.2, 0.25) is 0 Å². The molecule has 3 aliphatic rings. The zero-order valence-corrected chi connectivity index (χ0v) is 22.1. The van der Waals surface area contributed by atoms with Crippen molar-refractivity contribution in [3.05, 3.63) is 74.4 Å². The molecule has 5 rings (SSSR count). The van der Waals surface area contributed by atoms with Gasteiger partial charge in [-0.15, -0.1) is 11.3 Å². The Labute approximate surface area is 215 Å². The van der Waals surface area contributed by atoms with Gasteiger partial charge in [0.1, 0.15) is 5.00 Å². The molecule has 1 aromatic carbocycles. The van der Waals surface area contributed by atoms with Crippen molar-refractivity contribution >= 4 is 34.0 Å². The highest BCUT2D eigenvalue weighted by molar-refractivity contribution is 7.17. The van der Waals surface area contributed by atoms with Crippen LogP contribution in [-0.4, -0.2) is 24.8 Å². The van der Waals surface area contributed by atoms with Crippen LogP contribution in [0.1, 0.15) is 78.7 Å². The minimum Gasteiger partial charge on any atom is -0.465 e. The molecule has 2 N–H and O–H groups in total. The molecule has 0 unspecified atom stereocenters. The third-order valence-electron chi connectivity index (χ3n) is 7.41. The Balaban J connectivity index is 1.57. The summed E-state index contributed by atoms with van der Waals surface area (Å²) >= 11 is 1.46. The molecular weight excluding hydrogens is 472 g/mol. The number of fused-ring (bicyclic) bond motifs is 1. The third-order valence-corrected chi connectivity index (χ3v) is 8.61. The fraction of sp³-hybridized carbons (Fsp3) is 0.414. The van der Waals surface area contributed by atoms with Crippen LogP contribution in [0.5, 0.6) is 0 Å². The van der Waals surface area contributed by atoms with E-state index >= 15 is 0 Å². The summed E-state index contributed by atoms with van der Waals surface area (Å²) in [5.74, 6) is -1.13. The lowest BCUT2D eigenvalue weighted by Crippen LogP contribution is -2.39. The molecule has 0 saturated heterocycles. The van der Waals surface area contributed by atoms with Crippen molar-refractivity contribution in [3.8, 4) is 0 Å². The molecule has 188 valence electrons. The summed E-state index contributed by atoms with van der Waals surface area (Å²) in [5, 5.41) is 6.99. The topological polar surface area (TPSA) is 84.5 Å². The largest absolute Gasteiger partial charge is 0.465 e. The molecule has 1 atom stereocenters. The number of carbonyl (C=O) groups is 3. The fourth-order valence-corrected chi connectivity index (χ4v) is 7.13. The first-order chi connectivity index (χ1) is 17.2. The van der Waals surface area contributed by atoms with E-state index in [1.165, 1.54) is 18.4 Å². The van der Waals surface area contributed by atoms with Crippen molar-refractivity contribution in [2.45, 2.75) is 65.2 Å². The number of allylic oxidation sites excluding steroid dienone is 3. The molecular formula is C29H32N2O4S. The van der Waals surface area contributed by atoms with Crippen LogP contribution in [0.4, 0.5) is 5.00 Å². The Kier molecular flexibility index (Phi) is 6.37. The molecule has 36 heavy (non-hydrogen) atoms. The number of anilines is 1. The summed E-state index contributed by atoms with van der Waals surface area (Å²) in [6, 6.07) is 9.74. The molecule has 1 amide bonds. The van der Waals surface area contributed by atoms with Crippen LogP contribution < -0.4 is 10.6 Å². The van der Waals surface area contributed by atoms with Crippen molar-refractivity contribution in [1.82, 2.24) is 5.32 Å². The van der Waals surface area contributed by atoms with E-state index in [9.17, 15) is 14.4 Å². The maximum Gasteiger partial charge on any atom is 0.341 e. The quantitative estimate of drug-likeness (QED) is 0.525. The van der Waals surface area contributed by atoms with Crippen LogP contribution in [0.15, 0.2) is 52.9 Å². The summed E-state index contributed by atoms with van der Waals surface area (Å²) in [6.07, 6.45) is 4.98. The number of hydrogen-bond acceptors (Lipinski definition) is 6. The zero-order chi connectivity index (χ0) is 25.6. The van der Waals surface area contributed by atoms with Gasteiger partial charge in [-0.25, -0.2) is 4.79 Å². The number of ether oxygens (including phenoxy) is 1. The molecule has 1 aliphatic heterocycles. The summed E-state index contributed by atoms with van der Waals surface area (Å²) in [4.78, 5) is 41.3. The number of amides is 1. The molecule has 2 aromatic rings. The van der Waals surface area contributed by atoms with Gasteiger partial charge in [-0.1, -0.05) is 44.2 Å². The van der Waals surface area contributed by atoms with Crippen LogP contribution in [0.3, 0.4) is 0 Å². The second-order valence-electron chi connectivity index (χ2n) is 10.7. The maximum absolute atomic E-state index is 14.0. The highest BCUT2D eigenvalue weighted by atomic mass is 32.1. The normalized spacial score (nSPS) is 20.9. The molecule has 7 heteroatoms. The first kappa shape index (κ1) is 24.5. The van der Waals surface area contributed by atoms with Crippen molar-refractivity contribution < 1.29 is 19.1 Å². The number of rotatable bonds is 4. The van der Waals surface area contributed by atoms with Crippen molar-refractivity contribution in [2.75, 3.05) is 12.4 Å². The average Bonchev–Trinajstić information content (AvgIpc) is 3.20. The second-order valence-corrected chi connectivity index (χ2v) is 11.8. The van der Waals surface area contributed by atoms with Gasteiger partial charge in [0.15, 0.2) is 5.78 Å². The third kappa shape index (κ3) is 4.30. The van der Waals surface area contributed by atoms with Gasteiger partial charge in [0.25, 0.3) is 5.91 Å². The van der Waals surface area contributed by atoms with Crippen molar-refractivity contribution in [3.63, 3.8) is 0 Å². The lowest BCUT2D eigenvalue weighted by atomic mass is 9.68. The van der Waals surface area contributed by atoms with Crippen LogP contribution in [0, 0.1) is 5.41 Å². The maximum atomic E-state index is 14.0. The molecule has 0 saturated carbocycles. The fourth-order valence-electron chi connectivity index (χ4n) is 5.86. The van der Waals surface area contributed by atoms with Crippen LogP contribution in [-0.2, 0) is 27.2 Å². The number of ketones is 1. The van der Waals surface area contributed by atoms with Crippen molar-refractivity contribution in [1.29, 1.82) is 0 Å². The minimum absolute atomic E-state index is 0.0715. The highest BCUT2D eigenvalue weighted by Gasteiger charge is 2.43. The molecule has 6 nitrogen and oxygen atoms in total. The Morgan fingerprint density at radius 3 is 2.56 bits per heavy atom. The van der Waals surface area contributed by atoms with Crippen molar-refractivity contribution in [2.24, 2.45) is 5.41 Å². The van der Waals surface area contributed by atoms with Gasteiger partial charge in [0.05, 0.1) is 12.7 Å². The Bertz CT molecular complexity index is 1320. The first-order valence-corrected chi connectivity index (χ1v) is 13.3. The molecule has 2 aliphatic carbocycles. The number of hydrogen-bond donors (Lipinski definition) is 2. The summed E-state index contributed by atoms with van der Waals surface area (Å²) in [7, 11) is 1.37. The van der Waals surface area contributed by atoms with Gasteiger partial charge in [-0.3, -0.25) is 9.59 Å². The number of nitrogens with one attached hydrogen (secondary N) is 2. The molecule has 0 bridgehead atoms. The first-order valence-electron chi connectivity index (χ1n) is 12.5. The van der Waals surface area contributed by atoms with Gasteiger partial charge in [0, 0.05) is 39.8 Å². The second kappa shape index (κ2) is 9.36. The summed E-state index contributed by atoms with van der Waals surface area (Å²) in [6.45, 7) is 6.09. The lowest BCUT2D eigenvalue weighted by Gasteiger charge is -2.39. The number of benzene rings is 1. The van der Waals surface area contributed by atoms with Crippen LogP contribution >= 0.6 is 11.3 Å². The Morgan fingerprint density at radius 1 is 1.11 bits per heavy atom. The SMILES string of the molecule is COC(=O)c1c(NC(=O)C2=C(C)NC3=C(C(=O)CC(C)(C)C3)[C@@H]2c2ccccc2)sc2c1CCCC2. The van der Waals surface area contributed by atoms with E-state index < -0.39 is 11.9 Å². The highest BCUT2D eigenvalue weighted by Crippen LogP contribution is 2.47. The van der Waals surface area contributed by atoms with E-state index in [1.54, 1.807) is 0 Å². The van der Waals surface area contributed by atoms with E-state index in [0.29, 0.717) is 28.1 Å². The molecule has 0 fully saturated rings. The Hall–Kier alpha value is -3.19. The number of thiophene rings is 1. The number of dihydropyridines is 1. The summed E-state index contributed by atoms with van der Waals surface area (Å²) in [5.41, 5.74) is 5.05. The molecule has 0 radical (unpaired) electrons. The predicted octanol–water partition coefficient (Wildman–Crippen LogP) is 5.66. The van der Waals surface area contributed by atoms with E-state index in [1.807, 2.05) is 37.3 Å². The van der Waals surface area contributed by atoms with Crippen LogP contribution in [0.25, 0.3) is 0 Å². The van der Waals surface area contributed by atoms with E-state index in [2.05, 4.69) is 24.5 Å². The number of methoxy groups -OCH3 is 1. The van der Waals surface area contributed by atoms with Crippen LogP contribution in [0.2, 0.25) is 0 Å². The van der Waals surface area contributed by atoms with Gasteiger partial charge in [-0.2, -0.15) is 0 Å². The average molecular weight is 505 g/mol. The lowest BCUT2D eigenvalue weighted by molar-refractivity contribution is -0.118. The van der Waals surface area contributed by atoms with Gasteiger partial charge < -0.3 is 15.4 Å². The zero-order valence-electron chi connectivity index (χ0n) is 21.2. The van der Waals surface area contributed by atoms with E-state index in [-0.39, 0.29) is 17.1 Å². The monoisotopic (exact) mass is 504 g/mol. The molecule has 1 aromatic heterocycles. The summed E-state index contributed by atoms with van der Waals surface area (Å²) < 4.78 is 5.08. The molecule has 2 heterocycles. The predicted molar refractivity (Wildman–Crippen MR) is 141 cm³/mol. The van der Waals surface area contributed by atoms with E-state index in [4.69, 9.17) is 4.74 Å². The number of esters is 1. The van der Waals surface area contributed by atoms with Gasteiger partial charge in [-0.05, 0) is 55.6 Å². The number of Topliss-reactive ketones (excluding diaryl/α,β-unsaturated/α-hetero) is 1. The number of carbonyl (C=O) groups excluding carboxylic acids is 3. The smallest absolute Gasteiger partial charge is 0.341 e. The molecule has 0 spiro atoms. The number of aryl methyl sites for hydroxylation is 1. The Morgan fingerprint density at radius 2 is 1.83 bits per heavy atom. The minimum atomic E-state index is -0.470. The van der Waals surface area contributed by atoms with E-state index in [0.717, 1.165) is 59.5 Å². The van der Waals surface area contributed by atoms with Gasteiger partial charge >= 0.3 is 5.97 Å².